The molecule has 0 saturated carbocycles. The van der Waals surface area contributed by atoms with E-state index in [0.717, 1.165) is 0 Å². The average Bonchev–Trinajstić information content (AvgIpc) is 1.94. The van der Waals surface area contributed by atoms with Crippen molar-refractivity contribution in [3.8, 4) is 0 Å². The third kappa shape index (κ3) is 2.58. The molecule has 0 amide bonds. The fourth-order valence-corrected chi connectivity index (χ4v) is 1.40. The monoisotopic (exact) mass is 232 g/mol. The van der Waals surface area contributed by atoms with Crippen LogP contribution in [0.3, 0.4) is 0 Å². The van der Waals surface area contributed by atoms with E-state index in [1.807, 2.05) is 0 Å². The zero-order chi connectivity index (χ0) is 9.14. The van der Waals surface area contributed by atoms with Gasteiger partial charge in [-0.2, -0.15) is 0 Å². The summed E-state index contributed by atoms with van der Waals surface area (Å²) in [6.07, 6.45) is 0.0981. The zero-order valence-corrected chi connectivity index (χ0v) is 7.75. The van der Waals surface area contributed by atoms with E-state index in [0.29, 0.717) is 10.0 Å². The van der Waals surface area contributed by atoms with Gasteiger partial charge in [0.2, 0.25) is 0 Å². The Morgan fingerprint density at radius 1 is 1.42 bits per heavy atom. The van der Waals surface area contributed by atoms with Gasteiger partial charge in [0, 0.05) is 10.8 Å². The van der Waals surface area contributed by atoms with Crippen LogP contribution in [0.2, 0.25) is 0 Å². The van der Waals surface area contributed by atoms with Crippen LogP contribution in [-0.2, 0) is 6.32 Å². The lowest BCUT2D eigenvalue weighted by Gasteiger charge is -2.02. The molecule has 0 fully saturated rings. The molecule has 0 heterocycles. The molecular formula is C7H7BBrFO2. The first-order chi connectivity index (χ1) is 5.59. The summed E-state index contributed by atoms with van der Waals surface area (Å²) < 4.78 is 13.1. The van der Waals surface area contributed by atoms with E-state index >= 15 is 0 Å². The van der Waals surface area contributed by atoms with Gasteiger partial charge in [-0.25, -0.2) is 4.39 Å². The zero-order valence-electron chi connectivity index (χ0n) is 6.17. The molecule has 0 aliphatic rings. The van der Waals surface area contributed by atoms with Crippen molar-refractivity contribution in [2.24, 2.45) is 0 Å². The second-order valence-corrected chi connectivity index (χ2v) is 3.27. The van der Waals surface area contributed by atoms with Crippen LogP contribution in [0, 0.1) is 5.82 Å². The molecular weight excluding hydrogens is 226 g/mol. The Labute approximate surface area is 78.3 Å². The molecule has 0 spiro atoms. The van der Waals surface area contributed by atoms with E-state index in [1.54, 1.807) is 0 Å². The summed E-state index contributed by atoms with van der Waals surface area (Å²) in [7, 11) is -1.40. The van der Waals surface area contributed by atoms with Gasteiger partial charge >= 0.3 is 7.12 Å². The highest BCUT2D eigenvalue weighted by Gasteiger charge is 2.10. The molecule has 2 nitrogen and oxygen atoms in total. The van der Waals surface area contributed by atoms with Crippen LogP contribution >= 0.6 is 15.9 Å². The third-order valence-electron chi connectivity index (χ3n) is 1.42. The van der Waals surface area contributed by atoms with Crippen LogP contribution in [0.4, 0.5) is 4.39 Å². The van der Waals surface area contributed by atoms with Gasteiger partial charge < -0.3 is 10.0 Å². The normalized spacial score (nSPS) is 10.0. The summed E-state index contributed by atoms with van der Waals surface area (Å²) in [5, 5.41) is 17.3. The number of hydrogen-bond acceptors (Lipinski definition) is 2. The van der Waals surface area contributed by atoms with Crippen molar-refractivity contribution in [2.45, 2.75) is 6.32 Å². The first-order valence-electron chi connectivity index (χ1n) is 3.39. The number of rotatable bonds is 2. The molecule has 2 N–H and O–H groups in total. The molecule has 1 aromatic rings. The van der Waals surface area contributed by atoms with Crippen molar-refractivity contribution < 1.29 is 14.4 Å². The van der Waals surface area contributed by atoms with Crippen molar-refractivity contribution >= 4 is 23.0 Å². The van der Waals surface area contributed by atoms with Gasteiger partial charge in [-0.1, -0.05) is 22.0 Å². The molecule has 0 aliphatic carbocycles. The van der Waals surface area contributed by atoms with Crippen LogP contribution in [0.1, 0.15) is 5.56 Å². The maximum Gasteiger partial charge on any atom is 0.456 e. The highest BCUT2D eigenvalue weighted by Crippen LogP contribution is 2.18. The average molecular weight is 233 g/mol. The molecule has 5 heteroatoms. The van der Waals surface area contributed by atoms with Crippen molar-refractivity contribution in [1.82, 2.24) is 0 Å². The van der Waals surface area contributed by atoms with Crippen LogP contribution in [0.5, 0.6) is 0 Å². The molecule has 0 atom stereocenters. The van der Waals surface area contributed by atoms with Gasteiger partial charge in [-0.05, 0) is 17.7 Å². The predicted octanol–water partition coefficient (Wildman–Crippen LogP) is 1.14. The second kappa shape index (κ2) is 4.02. The Kier molecular flexibility index (Phi) is 3.25. The lowest BCUT2D eigenvalue weighted by atomic mass is 9.82. The Hall–Kier alpha value is -0.385. The van der Waals surface area contributed by atoms with Gasteiger partial charge in [0.15, 0.2) is 0 Å². The van der Waals surface area contributed by atoms with E-state index in [2.05, 4.69) is 15.9 Å². The molecule has 0 bridgehead atoms. The molecule has 0 saturated heterocycles. The van der Waals surface area contributed by atoms with E-state index in [1.165, 1.54) is 18.2 Å². The van der Waals surface area contributed by atoms with Gasteiger partial charge in [0.25, 0.3) is 0 Å². The van der Waals surface area contributed by atoms with Crippen LogP contribution < -0.4 is 0 Å². The smallest absolute Gasteiger partial charge is 0.427 e. The van der Waals surface area contributed by atoms with Gasteiger partial charge in [0.05, 0.1) is 0 Å². The Morgan fingerprint density at radius 3 is 2.58 bits per heavy atom. The summed E-state index contributed by atoms with van der Waals surface area (Å²) in [6, 6.07) is 4.08. The molecule has 0 unspecified atom stereocenters. The van der Waals surface area contributed by atoms with E-state index < -0.39 is 7.12 Å². The van der Waals surface area contributed by atoms with Crippen LogP contribution in [0.15, 0.2) is 22.7 Å². The standard InChI is InChI=1S/C7H7BBrFO2/c9-7-3-6(10)2-1-5(7)4-8(11)12/h1-3,11-12H,4H2. The molecule has 64 valence electrons. The molecule has 1 rings (SSSR count). The molecule has 12 heavy (non-hydrogen) atoms. The largest absolute Gasteiger partial charge is 0.456 e. The first-order valence-corrected chi connectivity index (χ1v) is 4.19. The Balaban J connectivity index is 2.86. The van der Waals surface area contributed by atoms with Crippen molar-refractivity contribution in [2.75, 3.05) is 0 Å². The lowest BCUT2D eigenvalue weighted by Crippen LogP contribution is -2.15. The molecule has 0 aliphatic heterocycles. The molecule has 0 radical (unpaired) electrons. The quantitative estimate of drug-likeness (QED) is 0.752. The summed E-state index contributed by atoms with van der Waals surface area (Å²) >= 11 is 3.11. The predicted molar refractivity (Wildman–Crippen MR) is 48.0 cm³/mol. The van der Waals surface area contributed by atoms with Crippen molar-refractivity contribution in [3.05, 3.63) is 34.1 Å². The van der Waals surface area contributed by atoms with Gasteiger partial charge in [-0.3, -0.25) is 0 Å². The Morgan fingerprint density at radius 2 is 2.08 bits per heavy atom. The molecule has 1 aromatic carbocycles. The third-order valence-corrected chi connectivity index (χ3v) is 2.16. The van der Waals surface area contributed by atoms with Crippen LogP contribution in [-0.4, -0.2) is 17.2 Å². The summed E-state index contributed by atoms with van der Waals surface area (Å²) in [5.74, 6) is -0.349. The minimum absolute atomic E-state index is 0.0981. The summed E-state index contributed by atoms with van der Waals surface area (Å²) in [6.45, 7) is 0. The lowest BCUT2D eigenvalue weighted by molar-refractivity contribution is 0.405. The maximum absolute atomic E-state index is 12.5. The van der Waals surface area contributed by atoms with Gasteiger partial charge in [0.1, 0.15) is 5.82 Å². The number of hydrogen-bond donors (Lipinski definition) is 2. The number of halogens is 2. The summed E-state index contributed by atoms with van der Waals surface area (Å²) in [5.41, 5.74) is 0.673. The van der Waals surface area contributed by atoms with Crippen molar-refractivity contribution in [1.29, 1.82) is 0 Å². The topological polar surface area (TPSA) is 40.5 Å². The van der Waals surface area contributed by atoms with Crippen molar-refractivity contribution in [3.63, 3.8) is 0 Å². The second-order valence-electron chi connectivity index (χ2n) is 2.42. The maximum atomic E-state index is 12.5. The highest BCUT2D eigenvalue weighted by atomic mass is 79.9. The fourth-order valence-electron chi connectivity index (χ4n) is 0.884. The fraction of sp³-hybridized carbons (Fsp3) is 0.143. The SMILES string of the molecule is OB(O)Cc1ccc(F)cc1Br. The van der Waals surface area contributed by atoms with Gasteiger partial charge in [-0.15, -0.1) is 0 Å². The van der Waals surface area contributed by atoms with Crippen LogP contribution in [0.25, 0.3) is 0 Å². The highest BCUT2D eigenvalue weighted by molar-refractivity contribution is 9.10. The summed E-state index contributed by atoms with van der Waals surface area (Å²) in [4.78, 5) is 0. The van der Waals surface area contributed by atoms with E-state index in [4.69, 9.17) is 10.0 Å². The first kappa shape index (κ1) is 9.70. The Bertz CT molecular complexity index is 280. The number of benzene rings is 1. The minimum atomic E-state index is -1.40. The van der Waals surface area contributed by atoms with E-state index in [9.17, 15) is 4.39 Å². The minimum Gasteiger partial charge on any atom is -0.427 e. The molecule has 0 aromatic heterocycles. The van der Waals surface area contributed by atoms with E-state index in [-0.39, 0.29) is 12.1 Å².